The number of pyridine rings is 1. The third kappa shape index (κ3) is 4.38. The monoisotopic (exact) mass is 387 g/mol. The Morgan fingerprint density at radius 1 is 0.885 bits per heavy atom. The number of anilines is 2. The van der Waals surface area contributed by atoms with E-state index in [4.69, 9.17) is 11.6 Å². The van der Waals surface area contributed by atoms with Crippen molar-refractivity contribution in [2.45, 2.75) is 4.90 Å². The van der Waals surface area contributed by atoms with Crippen LogP contribution in [0.15, 0.2) is 77.8 Å². The second-order valence-electron chi connectivity index (χ2n) is 5.31. The van der Waals surface area contributed by atoms with Gasteiger partial charge in [0.05, 0.1) is 4.90 Å². The van der Waals surface area contributed by atoms with Gasteiger partial charge in [0.1, 0.15) is 5.69 Å². The van der Waals surface area contributed by atoms with Crippen molar-refractivity contribution < 1.29 is 13.2 Å². The van der Waals surface area contributed by atoms with Crippen molar-refractivity contribution in [3.63, 3.8) is 0 Å². The van der Waals surface area contributed by atoms with E-state index < -0.39 is 10.0 Å². The Hall–Kier alpha value is -2.90. The highest BCUT2D eigenvalue weighted by atomic mass is 35.5. The highest BCUT2D eigenvalue weighted by molar-refractivity contribution is 7.92. The summed E-state index contributed by atoms with van der Waals surface area (Å²) in [7, 11) is -3.74. The first-order chi connectivity index (χ1) is 12.4. The second kappa shape index (κ2) is 7.55. The molecule has 0 aliphatic heterocycles. The Balaban J connectivity index is 1.72. The number of halogens is 1. The van der Waals surface area contributed by atoms with Gasteiger partial charge in [-0.15, -0.1) is 0 Å². The van der Waals surface area contributed by atoms with Gasteiger partial charge in [-0.25, -0.2) is 8.42 Å². The summed E-state index contributed by atoms with van der Waals surface area (Å²) < 4.78 is 27.3. The summed E-state index contributed by atoms with van der Waals surface area (Å²) >= 11 is 5.79. The minimum Gasteiger partial charge on any atom is -0.321 e. The fraction of sp³-hybridized carbons (Fsp3) is 0. The zero-order chi connectivity index (χ0) is 18.6. The van der Waals surface area contributed by atoms with Gasteiger partial charge in [0.15, 0.2) is 0 Å². The SMILES string of the molecule is O=C(Nc1ccc(S(=O)(=O)Nc2ccc(Cl)cc2)cc1)c1ccccn1. The van der Waals surface area contributed by atoms with E-state index in [2.05, 4.69) is 15.0 Å². The zero-order valence-electron chi connectivity index (χ0n) is 13.4. The maximum Gasteiger partial charge on any atom is 0.274 e. The molecule has 1 amide bonds. The molecule has 0 unspecified atom stereocenters. The molecular formula is C18H14ClN3O3S. The van der Waals surface area contributed by atoms with Gasteiger partial charge < -0.3 is 5.32 Å². The molecule has 8 heteroatoms. The molecule has 0 saturated carbocycles. The van der Waals surface area contributed by atoms with Crippen molar-refractivity contribution in [1.82, 2.24) is 4.98 Å². The summed E-state index contributed by atoms with van der Waals surface area (Å²) in [5.74, 6) is -0.375. The first-order valence-electron chi connectivity index (χ1n) is 7.55. The molecule has 0 bridgehead atoms. The number of sulfonamides is 1. The molecule has 1 heterocycles. The number of hydrogen-bond acceptors (Lipinski definition) is 4. The van der Waals surface area contributed by atoms with Gasteiger partial charge in [0, 0.05) is 22.6 Å². The fourth-order valence-corrected chi connectivity index (χ4v) is 3.33. The molecule has 0 fully saturated rings. The standard InChI is InChI=1S/C18H14ClN3O3S/c19-13-4-6-15(7-5-13)22-26(24,25)16-10-8-14(9-11-16)21-18(23)17-3-1-2-12-20-17/h1-12,22H,(H,21,23). The minimum absolute atomic E-state index is 0.0725. The molecule has 0 radical (unpaired) electrons. The van der Waals surface area contributed by atoms with Crippen LogP contribution >= 0.6 is 11.6 Å². The van der Waals surface area contributed by atoms with Gasteiger partial charge >= 0.3 is 0 Å². The molecule has 0 saturated heterocycles. The van der Waals surface area contributed by atoms with Crippen LogP contribution in [-0.2, 0) is 10.0 Å². The van der Waals surface area contributed by atoms with E-state index in [-0.39, 0.29) is 16.5 Å². The lowest BCUT2D eigenvalue weighted by atomic mass is 10.3. The van der Waals surface area contributed by atoms with E-state index in [0.29, 0.717) is 16.4 Å². The first kappa shape index (κ1) is 17.9. The lowest BCUT2D eigenvalue weighted by Gasteiger charge is -2.09. The number of hydrogen-bond donors (Lipinski definition) is 2. The predicted octanol–water partition coefficient (Wildman–Crippen LogP) is 3.79. The number of rotatable bonds is 5. The van der Waals surface area contributed by atoms with E-state index in [1.165, 1.54) is 30.5 Å². The number of benzene rings is 2. The summed E-state index contributed by atoms with van der Waals surface area (Å²) in [6, 6.07) is 17.2. The maximum atomic E-state index is 12.4. The second-order valence-corrected chi connectivity index (χ2v) is 7.42. The van der Waals surface area contributed by atoms with Crippen molar-refractivity contribution in [1.29, 1.82) is 0 Å². The maximum absolute atomic E-state index is 12.4. The highest BCUT2D eigenvalue weighted by Crippen LogP contribution is 2.20. The van der Waals surface area contributed by atoms with Crippen molar-refractivity contribution in [2.24, 2.45) is 0 Å². The topological polar surface area (TPSA) is 88.2 Å². The molecule has 3 rings (SSSR count). The van der Waals surface area contributed by atoms with Crippen LogP contribution in [0.2, 0.25) is 5.02 Å². The van der Waals surface area contributed by atoms with Crippen molar-refractivity contribution in [3.05, 3.63) is 83.6 Å². The molecule has 6 nitrogen and oxygen atoms in total. The van der Waals surface area contributed by atoms with Crippen LogP contribution in [0.5, 0.6) is 0 Å². The van der Waals surface area contributed by atoms with Crippen LogP contribution in [0.1, 0.15) is 10.5 Å². The molecule has 0 aliphatic carbocycles. The quantitative estimate of drug-likeness (QED) is 0.697. The summed E-state index contributed by atoms with van der Waals surface area (Å²) in [6.07, 6.45) is 1.52. The van der Waals surface area contributed by atoms with Crippen LogP contribution in [0, 0.1) is 0 Å². The lowest BCUT2D eigenvalue weighted by molar-refractivity contribution is 0.102. The van der Waals surface area contributed by atoms with Crippen LogP contribution in [-0.4, -0.2) is 19.3 Å². The Labute approximate surface area is 155 Å². The Morgan fingerprint density at radius 2 is 1.54 bits per heavy atom. The molecular weight excluding hydrogens is 374 g/mol. The van der Waals surface area contributed by atoms with Crippen LogP contribution < -0.4 is 10.0 Å². The Bertz CT molecular complexity index is 1010. The van der Waals surface area contributed by atoms with Crippen LogP contribution in [0.3, 0.4) is 0 Å². The Kier molecular flexibility index (Phi) is 5.20. The molecule has 1 aromatic heterocycles. The van der Waals surface area contributed by atoms with E-state index in [0.717, 1.165) is 0 Å². The summed E-state index contributed by atoms with van der Waals surface area (Å²) in [4.78, 5) is 16.1. The van der Waals surface area contributed by atoms with Gasteiger partial charge in [0.2, 0.25) is 0 Å². The van der Waals surface area contributed by atoms with Crippen molar-refractivity contribution in [3.8, 4) is 0 Å². The number of carbonyl (C=O) groups excluding carboxylic acids is 1. The number of nitrogens with one attached hydrogen (secondary N) is 2. The van der Waals surface area contributed by atoms with Crippen LogP contribution in [0.4, 0.5) is 11.4 Å². The molecule has 0 spiro atoms. The third-order valence-electron chi connectivity index (χ3n) is 3.42. The van der Waals surface area contributed by atoms with Gasteiger partial charge in [-0.3, -0.25) is 14.5 Å². The number of aromatic nitrogens is 1. The number of nitrogens with zero attached hydrogens (tertiary/aromatic N) is 1. The highest BCUT2D eigenvalue weighted by Gasteiger charge is 2.14. The van der Waals surface area contributed by atoms with E-state index in [1.54, 1.807) is 42.5 Å². The van der Waals surface area contributed by atoms with E-state index in [1.807, 2.05) is 0 Å². The number of amides is 1. The lowest BCUT2D eigenvalue weighted by Crippen LogP contribution is -2.14. The van der Waals surface area contributed by atoms with Gasteiger partial charge in [-0.2, -0.15) is 0 Å². The fourth-order valence-electron chi connectivity index (χ4n) is 2.14. The average Bonchev–Trinajstić information content (AvgIpc) is 2.64. The smallest absolute Gasteiger partial charge is 0.274 e. The number of carbonyl (C=O) groups is 1. The van der Waals surface area contributed by atoms with Gasteiger partial charge in [-0.05, 0) is 60.7 Å². The molecule has 0 atom stereocenters. The molecule has 2 N–H and O–H groups in total. The average molecular weight is 388 g/mol. The van der Waals surface area contributed by atoms with Crippen LogP contribution in [0.25, 0.3) is 0 Å². The molecule has 0 aliphatic rings. The van der Waals surface area contributed by atoms with E-state index in [9.17, 15) is 13.2 Å². The van der Waals surface area contributed by atoms with Gasteiger partial charge in [0.25, 0.3) is 15.9 Å². The van der Waals surface area contributed by atoms with Crippen molar-refractivity contribution in [2.75, 3.05) is 10.0 Å². The molecule has 132 valence electrons. The summed E-state index contributed by atoms with van der Waals surface area (Å²) in [5.41, 5.74) is 1.14. The van der Waals surface area contributed by atoms with E-state index >= 15 is 0 Å². The molecule has 3 aromatic rings. The van der Waals surface area contributed by atoms with Crippen molar-refractivity contribution >= 4 is 38.9 Å². The summed E-state index contributed by atoms with van der Waals surface area (Å²) in [5, 5.41) is 3.18. The zero-order valence-corrected chi connectivity index (χ0v) is 15.0. The normalized spacial score (nSPS) is 11.0. The third-order valence-corrected chi connectivity index (χ3v) is 5.07. The minimum atomic E-state index is -3.74. The Morgan fingerprint density at radius 3 is 2.15 bits per heavy atom. The molecule has 26 heavy (non-hydrogen) atoms. The predicted molar refractivity (Wildman–Crippen MR) is 101 cm³/mol. The summed E-state index contributed by atoms with van der Waals surface area (Å²) in [6.45, 7) is 0. The largest absolute Gasteiger partial charge is 0.321 e. The first-order valence-corrected chi connectivity index (χ1v) is 9.41. The molecule has 2 aromatic carbocycles. The van der Waals surface area contributed by atoms with Gasteiger partial charge in [-0.1, -0.05) is 17.7 Å².